The highest BCUT2D eigenvalue weighted by atomic mass is 32.2. The summed E-state index contributed by atoms with van der Waals surface area (Å²) < 4.78 is 1.93. The summed E-state index contributed by atoms with van der Waals surface area (Å²) >= 11 is 1.33. The second-order valence-electron chi connectivity index (χ2n) is 7.80. The van der Waals surface area contributed by atoms with E-state index in [0.717, 1.165) is 22.4 Å². The number of benzene rings is 2. The second kappa shape index (κ2) is 10.5. The Morgan fingerprint density at radius 2 is 1.81 bits per heavy atom. The third-order valence-corrected chi connectivity index (χ3v) is 6.03. The fourth-order valence-electron chi connectivity index (χ4n) is 3.43. The first-order chi connectivity index (χ1) is 15.3. The van der Waals surface area contributed by atoms with Crippen molar-refractivity contribution < 1.29 is 9.59 Å². The summed E-state index contributed by atoms with van der Waals surface area (Å²) in [5.41, 5.74) is 4.63. The van der Waals surface area contributed by atoms with E-state index in [1.54, 1.807) is 6.07 Å². The van der Waals surface area contributed by atoms with Crippen LogP contribution < -0.4 is 10.6 Å². The highest BCUT2D eigenvalue weighted by molar-refractivity contribution is 7.99. The number of thioether (sulfide) groups is 1. The molecule has 0 aliphatic carbocycles. The lowest BCUT2D eigenvalue weighted by Crippen LogP contribution is -2.28. The lowest BCUT2D eigenvalue weighted by Gasteiger charge is -2.15. The van der Waals surface area contributed by atoms with Crippen molar-refractivity contribution in [2.45, 2.75) is 52.4 Å². The maximum Gasteiger partial charge on any atom is 0.251 e. The number of carbonyl (C=O) groups excluding carboxylic acids is 2. The summed E-state index contributed by atoms with van der Waals surface area (Å²) in [6.45, 7) is 10.4. The number of anilines is 1. The largest absolute Gasteiger partial charge is 0.342 e. The zero-order valence-corrected chi connectivity index (χ0v) is 19.9. The van der Waals surface area contributed by atoms with Crippen molar-refractivity contribution in [3.63, 3.8) is 0 Å². The van der Waals surface area contributed by atoms with Crippen LogP contribution in [0, 0.1) is 20.8 Å². The SMILES string of the molecule is CCn1c(SCC(=O)Nc2ccc(C)cc2C)nnc1C(C)NC(=O)c1cccc(C)c1. The van der Waals surface area contributed by atoms with E-state index in [0.29, 0.717) is 23.1 Å². The second-order valence-corrected chi connectivity index (χ2v) is 8.75. The van der Waals surface area contributed by atoms with Crippen LogP contribution in [0.1, 0.15) is 52.8 Å². The molecule has 0 spiro atoms. The first kappa shape index (κ1) is 23.5. The van der Waals surface area contributed by atoms with Crippen molar-refractivity contribution in [2.24, 2.45) is 0 Å². The molecule has 1 atom stereocenters. The Morgan fingerprint density at radius 1 is 1.06 bits per heavy atom. The number of nitrogens with zero attached hydrogens (tertiary/aromatic N) is 3. The number of aryl methyl sites for hydroxylation is 3. The van der Waals surface area contributed by atoms with Crippen LogP contribution in [0.25, 0.3) is 0 Å². The average molecular weight is 452 g/mol. The third kappa shape index (κ3) is 5.76. The molecule has 3 aromatic rings. The smallest absolute Gasteiger partial charge is 0.251 e. The normalized spacial score (nSPS) is 11.8. The van der Waals surface area contributed by atoms with Crippen LogP contribution in [0.4, 0.5) is 5.69 Å². The molecule has 2 N–H and O–H groups in total. The van der Waals surface area contributed by atoms with E-state index < -0.39 is 0 Å². The number of nitrogens with one attached hydrogen (secondary N) is 2. The van der Waals surface area contributed by atoms with E-state index in [1.807, 2.05) is 75.6 Å². The van der Waals surface area contributed by atoms with E-state index in [2.05, 4.69) is 20.8 Å². The van der Waals surface area contributed by atoms with Crippen LogP contribution in [0.2, 0.25) is 0 Å². The number of amides is 2. The van der Waals surface area contributed by atoms with Gasteiger partial charge in [-0.2, -0.15) is 0 Å². The van der Waals surface area contributed by atoms with Gasteiger partial charge in [0.25, 0.3) is 5.91 Å². The maximum absolute atomic E-state index is 12.6. The predicted octanol–water partition coefficient (Wildman–Crippen LogP) is 4.45. The average Bonchev–Trinajstić information content (AvgIpc) is 3.17. The van der Waals surface area contributed by atoms with Crippen molar-refractivity contribution in [1.82, 2.24) is 20.1 Å². The van der Waals surface area contributed by atoms with Crippen molar-refractivity contribution in [3.8, 4) is 0 Å². The quantitative estimate of drug-likeness (QED) is 0.494. The monoisotopic (exact) mass is 451 g/mol. The Balaban J connectivity index is 1.63. The maximum atomic E-state index is 12.6. The van der Waals surface area contributed by atoms with Gasteiger partial charge in [-0.25, -0.2) is 0 Å². The van der Waals surface area contributed by atoms with Gasteiger partial charge in [-0.1, -0.05) is 47.2 Å². The van der Waals surface area contributed by atoms with E-state index in [9.17, 15) is 9.59 Å². The summed E-state index contributed by atoms with van der Waals surface area (Å²) in [5.74, 6) is 0.616. The molecule has 2 amide bonds. The molecule has 1 heterocycles. The molecule has 32 heavy (non-hydrogen) atoms. The summed E-state index contributed by atoms with van der Waals surface area (Å²) in [6, 6.07) is 13.1. The first-order valence-electron chi connectivity index (χ1n) is 10.6. The third-order valence-electron chi connectivity index (χ3n) is 5.07. The van der Waals surface area contributed by atoms with Crippen molar-refractivity contribution in [2.75, 3.05) is 11.1 Å². The molecule has 0 radical (unpaired) electrons. The number of hydrogen-bond acceptors (Lipinski definition) is 5. The lowest BCUT2D eigenvalue weighted by atomic mass is 10.1. The fourth-order valence-corrected chi connectivity index (χ4v) is 4.23. The van der Waals surface area contributed by atoms with Crippen LogP contribution in [0.3, 0.4) is 0 Å². The van der Waals surface area contributed by atoms with Crippen molar-refractivity contribution in [3.05, 3.63) is 70.5 Å². The van der Waals surface area contributed by atoms with Gasteiger partial charge in [0.2, 0.25) is 5.91 Å². The Labute approximate surface area is 193 Å². The molecule has 0 aliphatic rings. The number of carbonyl (C=O) groups is 2. The fraction of sp³-hybridized carbons (Fsp3) is 0.333. The topological polar surface area (TPSA) is 88.9 Å². The van der Waals surface area contributed by atoms with Crippen LogP contribution in [-0.4, -0.2) is 32.3 Å². The highest BCUT2D eigenvalue weighted by Gasteiger charge is 2.20. The number of hydrogen-bond donors (Lipinski definition) is 2. The van der Waals surface area contributed by atoms with Crippen LogP contribution in [-0.2, 0) is 11.3 Å². The zero-order valence-electron chi connectivity index (χ0n) is 19.1. The van der Waals surface area contributed by atoms with Crippen LogP contribution >= 0.6 is 11.8 Å². The molecule has 8 heteroatoms. The van der Waals surface area contributed by atoms with Gasteiger partial charge >= 0.3 is 0 Å². The summed E-state index contributed by atoms with van der Waals surface area (Å²) in [4.78, 5) is 25.0. The minimum Gasteiger partial charge on any atom is -0.342 e. The van der Waals surface area contributed by atoms with Crippen LogP contribution in [0.5, 0.6) is 0 Å². The molecule has 1 aromatic heterocycles. The first-order valence-corrected chi connectivity index (χ1v) is 11.6. The minimum atomic E-state index is -0.325. The van der Waals surface area contributed by atoms with E-state index in [-0.39, 0.29) is 23.6 Å². The molecule has 0 fully saturated rings. The van der Waals surface area contributed by atoms with Gasteiger partial charge in [-0.15, -0.1) is 10.2 Å². The summed E-state index contributed by atoms with van der Waals surface area (Å²) in [5, 5.41) is 15.1. The van der Waals surface area contributed by atoms with Crippen LogP contribution in [0.15, 0.2) is 47.6 Å². The molecule has 0 bridgehead atoms. The lowest BCUT2D eigenvalue weighted by molar-refractivity contribution is -0.113. The van der Waals surface area contributed by atoms with E-state index in [4.69, 9.17) is 0 Å². The molecule has 1 unspecified atom stereocenters. The Kier molecular flexibility index (Phi) is 7.69. The van der Waals surface area contributed by atoms with Gasteiger partial charge in [0.05, 0.1) is 11.8 Å². The molecule has 3 rings (SSSR count). The molecule has 168 valence electrons. The van der Waals surface area contributed by atoms with Gasteiger partial charge in [0, 0.05) is 17.8 Å². The van der Waals surface area contributed by atoms with E-state index in [1.165, 1.54) is 11.8 Å². The summed E-state index contributed by atoms with van der Waals surface area (Å²) in [6.07, 6.45) is 0. The molecular weight excluding hydrogens is 422 g/mol. The van der Waals surface area contributed by atoms with Gasteiger partial charge in [0.15, 0.2) is 11.0 Å². The molecule has 7 nitrogen and oxygen atoms in total. The van der Waals surface area contributed by atoms with Crippen molar-refractivity contribution >= 4 is 29.3 Å². The van der Waals surface area contributed by atoms with Gasteiger partial charge < -0.3 is 15.2 Å². The molecule has 0 saturated carbocycles. The standard InChI is InChI=1S/C24H29N5O2S/c1-6-29-22(18(5)25-23(31)19-9-7-8-15(2)13-19)27-28-24(29)32-14-21(30)26-20-11-10-16(3)12-17(20)4/h7-13,18H,6,14H2,1-5H3,(H,25,31)(H,26,30). The van der Waals surface area contributed by atoms with Gasteiger partial charge in [-0.05, 0) is 58.4 Å². The van der Waals surface area contributed by atoms with Gasteiger partial charge in [0.1, 0.15) is 0 Å². The van der Waals surface area contributed by atoms with Crippen molar-refractivity contribution in [1.29, 1.82) is 0 Å². The number of aromatic nitrogens is 3. The highest BCUT2D eigenvalue weighted by Crippen LogP contribution is 2.22. The van der Waals surface area contributed by atoms with E-state index >= 15 is 0 Å². The minimum absolute atomic E-state index is 0.102. The van der Waals surface area contributed by atoms with Gasteiger partial charge in [-0.3, -0.25) is 9.59 Å². The Bertz CT molecular complexity index is 1130. The molecular formula is C24H29N5O2S. The molecule has 0 aliphatic heterocycles. The Morgan fingerprint density at radius 3 is 2.50 bits per heavy atom. The number of rotatable bonds is 8. The Hall–Kier alpha value is -3.13. The summed E-state index contributed by atoms with van der Waals surface area (Å²) in [7, 11) is 0. The predicted molar refractivity (Wildman–Crippen MR) is 128 cm³/mol. The molecule has 0 saturated heterocycles. The molecule has 2 aromatic carbocycles. The zero-order chi connectivity index (χ0) is 23.3.